The predicted octanol–water partition coefficient (Wildman–Crippen LogP) is 2.29. The Morgan fingerprint density at radius 2 is 1.67 bits per heavy atom. The number of benzene rings is 3. The molecule has 0 radical (unpaired) electrons. The Bertz CT molecular complexity index is 1590. The van der Waals surface area contributed by atoms with Crippen LogP contribution in [0.3, 0.4) is 0 Å². The van der Waals surface area contributed by atoms with Gasteiger partial charge >= 0.3 is 0 Å². The summed E-state index contributed by atoms with van der Waals surface area (Å²) in [5.41, 5.74) is 10.1. The molecule has 182 valence electrons. The molecule has 1 amide bonds. The average Bonchev–Trinajstić information content (AvgIpc) is 3.30. The Morgan fingerprint density at radius 3 is 2.36 bits per heavy atom. The number of carbonyl (C=O) groups is 1. The molecule has 9 nitrogen and oxygen atoms in total. The normalized spacial score (nSPS) is 15.6. The highest BCUT2D eigenvalue weighted by atomic mass is 32.2. The molecule has 4 N–H and O–H groups in total. The maximum absolute atomic E-state index is 13.6. The highest BCUT2D eigenvalue weighted by Crippen LogP contribution is 2.32. The average molecular weight is 501 g/mol. The third-order valence-corrected chi connectivity index (χ3v) is 8.21. The molecule has 0 saturated carbocycles. The summed E-state index contributed by atoms with van der Waals surface area (Å²) >= 11 is 0. The van der Waals surface area contributed by atoms with Crippen LogP contribution < -0.4 is 15.8 Å². The van der Waals surface area contributed by atoms with Crippen LogP contribution in [0.2, 0.25) is 0 Å². The van der Waals surface area contributed by atoms with E-state index in [1.54, 1.807) is 47.4 Å². The van der Waals surface area contributed by atoms with Crippen molar-refractivity contribution in [1.29, 1.82) is 0 Å². The topological polar surface area (TPSA) is 130 Å². The number of hydrogen-bond donors (Lipinski definition) is 3. The number of fused-ring (bicyclic) bond motifs is 2. The Balaban J connectivity index is 1.42. The van der Waals surface area contributed by atoms with Crippen LogP contribution in [0.5, 0.6) is 0 Å². The summed E-state index contributed by atoms with van der Waals surface area (Å²) in [6, 6.07) is 19.9. The largest absolute Gasteiger partial charge is 0.368 e. The van der Waals surface area contributed by atoms with Gasteiger partial charge in [0.05, 0.1) is 10.4 Å². The first-order valence-corrected chi connectivity index (χ1v) is 13.1. The van der Waals surface area contributed by atoms with Crippen molar-refractivity contribution in [2.45, 2.75) is 24.0 Å². The van der Waals surface area contributed by atoms with Crippen LogP contribution in [-0.4, -0.2) is 48.3 Å². The van der Waals surface area contributed by atoms with E-state index in [1.807, 2.05) is 24.3 Å². The Kier molecular flexibility index (Phi) is 5.44. The van der Waals surface area contributed by atoms with Crippen molar-refractivity contribution in [3.8, 4) is 11.1 Å². The summed E-state index contributed by atoms with van der Waals surface area (Å²) in [5, 5.41) is 3.58. The summed E-state index contributed by atoms with van der Waals surface area (Å²) in [7, 11) is -3.75. The van der Waals surface area contributed by atoms with Gasteiger partial charge in [0.1, 0.15) is 5.69 Å². The molecule has 0 aliphatic carbocycles. The third-order valence-electron chi connectivity index (χ3n) is 6.63. The van der Waals surface area contributed by atoms with E-state index < -0.39 is 10.0 Å². The van der Waals surface area contributed by atoms with Crippen molar-refractivity contribution in [3.63, 3.8) is 0 Å². The number of nitrogens with two attached hydrogens (primary N) is 1. The summed E-state index contributed by atoms with van der Waals surface area (Å²) in [6.45, 7) is 2.18. The monoisotopic (exact) mass is 500 g/mol. The lowest BCUT2D eigenvalue weighted by Crippen LogP contribution is -2.56. The van der Waals surface area contributed by atoms with Crippen LogP contribution in [0.4, 0.5) is 5.95 Å². The summed E-state index contributed by atoms with van der Waals surface area (Å²) in [5.74, 6) is -0.237. The number of nitrogens with one attached hydrogen (secondary N) is 2. The van der Waals surface area contributed by atoms with Crippen molar-refractivity contribution in [1.82, 2.24) is 24.9 Å². The molecule has 3 aromatic carbocycles. The summed E-state index contributed by atoms with van der Waals surface area (Å²) < 4.78 is 29.1. The fraction of sp³-hybridized carbons (Fsp3) is 0.192. The quantitative estimate of drug-likeness (QED) is 0.383. The number of sulfonamides is 1. The Morgan fingerprint density at radius 1 is 0.972 bits per heavy atom. The molecular weight excluding hydrogens is 476 g/mol. The molecule has 0 atom stereocenters. The number of rotatable bonds is 5. The molecule has 1 aromatic heterocycles. The van der Waals surface area contributed by atoms with Crippen molar-refractivity contribution in [2.75, 3.05) is 18.8 Å². The maximum Gasteiger partial charge on any atom is 0.273 e. The first kappa shape index (κ1) is 22.6. The fourth-order valence-electron chi connectivity index (χ4n) is 4.70. The maximum atomic E-state index is 13.6. The molecule has 2 aliphatic heterocycles. The van der Waals surface area contributed by atoms with E-state index in [4.69, 9.17) is 5.73 Å². The van der Waals surface area contributed by atoms with Crippen LogP contribution in [0.1, 0.15) is 21.6 Å². The van der Waals surface area contributed by atoms with Gasteiger partial charge in [-0.05, 0) is 34.9 Å². The minimum atomic E-state index is -3.75. The van der Waals surface area contributed by atoms with Gasteiger partial charge in [0.25, 0.3) is 5.91 Å². The van der Waals surface area contributed by atoms with Gasteiger partial charge in [-0.15, -0.1) is 0 Å². The molecule has 2 aliphatic rings. The SMILES string of the molecule is Nc1nc(C(=O)N2Cc3ccccc3C2)c2cc(-c3ccccc3S(=O)(=O)NC3CNC3)ccc2n1. The Hall–Kier alpha value is -3.86. The molecule has 4 aromatic rings. The zero-order valence-electron chi connectivity index (χ0n) is 19.3. The number of aromatic nitrogens is 2. The van der Waals surface area contributed by atoms with Gasteiger partial charge < -0.3 is 16.0 Å². The van der Waals surface area contributed by atoms with Crippen molar-refractivity contribution in [2.24, 2.45) is 0 Å². The summed E-state index contributed by atoms with van der Waals surface area (Å²) in [4.78, 5) is 24.1. The van der Waals surface area contributed by atoms with Gasteiger partial charge in [-0.3, -0.25) is 4.79 Å². The number of nitrogen functional groups attached to an aromatic ring is 1. The van der Waals surface area contributed by atoms with Crippen LogP contribution in [0, 0.1) is 0 Å². The minimum Gasteiger partial charge on any atom is -0.368 e. The van der Waals surface area contributed by atoms with E-state index in [0.717, 1.165) is 11.1 Å². The van der Waals surface area contributed by atoms with Crippen LogP contribution in [0.15, 0.2) is 71.6 Å². The fourth-order valence-corrected chi connectivity index (χ4v) is 6.16. The van der Waals surface area contributed by atoms with Gasteiger partial charge in [0, 0.05) is 43.2 Å². The molecule has 10 heteroatoms. The number of hydrogen-bond acceptors (Lipinski definition) is 7. The lowest BCUT2D eigenvalue weighted by Gasteiger charge is -2.28. The molecule has 6 rings (SSSR count). The van der Waals surface area contributed by atoms with Gasteiger partial charge in [-0.2, -0.15) is 0 Å². The molecule has 1 saturated heterocycles. The molecule has 0 spiro atoms. The number of nitrogens with zero attached hydrogens (tertiary/aromatic N) is 3. The van der Waals surface area contributed by atoms with Crippen LogP contribution >= 0.6 is 0 Å². The highest BCUT2D eigenvalue weighted by Gasteiger charge is 2.28. The molecule has 0 unspecified atom stereocenters. The number of amides is 1. The van der Waals surface area contributed by atoms with Crippen LogP contribution in [0.25, 0.3) is 22.0 Å². The zero-order chi connectivity index (χ0) is 24.9. The van der Waals surface area contributed by atoms with E-state index >= 15 is 0 Å². The van der Waals surface area contributed by atoms with Gasteiger partial charge in [0.2, 0.25) is 16.0 Å². The van der Waals surface area contributed by atoms with E-state index in [0.29, 0.717) is 48.2 Å². The lowest BCUT2D eigenvalue weighted by atomic mass is 10.0. The van der Waals surface area contributed by atoms with Crippen molar-refractivity contribution in [3.05, 3.63) is 83.6 Å². The third kappa shape index (κ3) is 3.98. The first-order valence-electron chi connectivity index (χ1n) is 11.6. The second-order valence-corrected chi connectivity index (χ2v) is 10.7. The van der Waals surface area contributed by atoms with Crippen molar-refractivity contribution < 1.29 is 13.2 Å². The second-order valence-electron chi connectivity index (χ2n) is 9.06. The van der Waals surface area contributed by atoms with Gasteiger partial charge in [-0.1, -0.05) is 48.5 Å². The van der Waals surface area contributed by atoms with Gasteiger partial charge in [-0.25, -0.2) is 23.1 Å². The molecule has 1 fully saturated rings. The molecule has 0 bridgehead atoms. The lowest BCUT2D eigenvalue weighted by molar-refractivity contribution is 0.0747. The van der Waals surface area contributed by atoms with E-state index in [9.17, 15) is 13.2 Å². The predicted molar refractivity (Wildman–Crippen MR) is 136 cm³/mol. The molecule has 36 heavy (non-hydrogen) atoms. The summed E-state index contributed by atoms with van der Waals surface area (Å²) in [6.07, 6.45) is 0. The standard InChI is InChI=1S/C26H24N6O3S/c27-26-29-22-10-9-16(20-7-3-4-8-23(20)36(34,35)31-19-12-28-13-19)11-21(22)24(30-26)25(33)32-14-17-5-1-2-6-18(17)15-32/h1-11,19,28,31H,12-15H2,(H2,27,29,30). The Labute approximate surface area is 208 Å². The zero-order valence-corrected chi connectivity index (χ0v) is 20.1. The molecule has 3 heterocycles. The van der Waals surface area contributed by atoms with E-state index in [2.05, 4.69) is 20.0 Å². The number of anilines is 1. The van der Waals surface area contributed by atoms with Crippen LogP contribution in [-0.2, 0) is 23.1 Å². The minimum absolute atomic E-state index is 0.0107. The second kappa shape index (κ2) is 8.66. The van der Waals surface area contributed by atoms with E-state index in [1.165, 1.54) is 0 Å². The van der Waals surface area contributed by atoms with Crippen molar-refractivity contribution >= 4 is 32.8 Å². The smallest absolute Gasteiger partial charge is 0.273 e. The first-order chi connectivity index (χ1) is 17.4. The number of carbonyl (C=O) groups excluding carboxylic acids is 1. The molecular formula is C26H24N6O3S. The highest BCUT2D eigenvalue weighted by molar-refractivity contribution is 7.89. The van der Waals surface area contributed by atoms with Gasteiger partial charge in [0.15, 0.2) is 0 Å². The van der Waals surface area contributed by atoms with E-state index in [-0.39, 0.29) is 28.5 Å².